The Bertz CT molecular complexity index is 617. The van der Waals surface area contributed by atoms with Gasteiger partial charge < -0.3 is 10.0 Å². The molecule has 2 aliphatic rings. The maximum absolute atomic E-state index is 14.0. The molecule has 6 heteroatoms. The first-order valence-corrected chi connectivity index (χ1v) is 6.40. The van der Waals surface area contributed by atoms with Gasteiger partial charge in [0.2, 0.25) is 0 Å². The first-order chi connectivity index (χ1) is 9.41. The maximum Gasteiger partial charge on any atom is 0.326 e. The van der Waals surface area contributed by atoms with Crippen molar-refractivity contribution in [3.63, 3.8) is 0 Å². The summed E-state index contributed by atoms with van der Waals surface area (Å²) in [5.41, 5.74) is -0.497. The number of fused-ring (bicyclic) bond motifs is 1. The number of benzene rings is 1. The van der Waals surface area contributed by atoms with Crippen LogP contribution in [0.25, 0.3) is 0 Å². The van der Waals surface area contributed by atoms with E-state index in [4.69, 9.17) is 0 Å². The smallest absolute Gasteiger partial charge is 0.326 e. The molecule has 4 nitrogen and oxygen atoms in total. The van der Waals surface area contributed by atoms with Crippen LogP contribution in [0, 0.1) is 30.4 Å². The first kappa shape index (κ1) is 13.0. The summed E-state index contributed by atoms with van der Waals surface area (Å²) >= 11 is 0. The second-order valence-corrected chi connectivity index (χ2v) is 5.45. The van der Waals surface area contributed by atoms with E-state index >= 15 is 0 Å². The Morgan fingerprint density at radius 1 is 1.35 bits per heavy atom. The van der Waals surface area contributed by atoms with E-state index < -0.39 is 35.1 Å². The van der Waals surface area contributed by atoms with Gasteiger partial charge in [0.1, 0.15) is 23.2 Å². The molecule has 1 aromatic rings. The van der Waals surface area contributed by atoms with Crippen molar-refractivity contribution >= 4 is 11.9 Å². The number of nitrogens with zero attached hydrogens (tertiary/aromatic N) is 1. The summed E-state index contributed by atoms with van der Waals surface area (Å²) < 4.78 is 27.7. The average molecular weight is 281 g/mol. The number of aliphatic carboxylic acids is 1. The third-order valence-electron chi connectivity index (χ3n) is 4.16. The molecule has 3 rings (SSSR count). The minimum atomic E-state index is -1.11. The van der Waals surface area contributed by atoms with Crippen LogP contribution < -0.4 is 0 Å². The van der Waals surface area contributed by atoms with Crippen LogP contribution in [0.15, 0.2) is 12.1 Å². The quantitative estimate of drug-likeness (QED) is 0.899. The van der Waals surface area contributed by atoms with E-state index in [0.717, 1.165) is 17.4 Å². The molecule has 106 valence electrons. The SMILES string of the molecule is Cc1ccc(F)c(C(=O)N2C[C@@H]3C[C@@H]3[C@@H]2C(=O)O)c1F. The number of amides is 1. The third-order valence-corrected chi connectivity index (χ3v) is 4.16. The van der Waals surface area contributed by atoms with E-state index in [1.807, 2.05) is 0 Å². The molecule has 0 spiro atoms. The molecule has 1 aliphatic heterocycles. The van der Waals surface area contributed by atoms with E-state index in [-0.39, 0.29) is 23.9 Å². The van der Waals surface area contributed by atoms with Crippen molar-refractivity contribution < 1.29 is 23.5 Å². The Morgan fingerprint density at radius 2 is 2.05 bits per heavy atom. The van der Waals surface area contributed by atoms with Gasteiger partial charge in [-0.2, -0.15) is 0 Å². The fourth-order valence-corrected chi connectivity index (χ4v) is 2.99. The Labute approximate surface area is 114 Å². The number of aryl methyl sites for hydroxylation is 1. The van der Waals surface area contributed by atoms with E-state index in [2.05, 4.69) is 0 Å². The summed E-state index contributed by atoms with van der Waals surface area (Å²) in [6.45, 7) is 1.69. The molecule has 1 amide bonds. The molecular formula is C14H13F2NO3. The summed E-state index contributed by atoms with van der Waals surface area (Å²) in [5.74, 6) is -3.79. The van der Waals surface area contributed by atoms with Crippen molar-refractivity contribution in [2.75, 3.05) is 6.54 Å². The van der Waals surface area contributed by atoms with E-state index in [9.17, 15) is 23.5 Å². The number of hydrogen-bond acceptors (Lipinski definition) is 2. The molecule has 1 saturated carbocycles. The van der Waals surface area contributed by atoms with Crippen molar-refractivity contribution in [3.8, 4) is 0 Å². The van der Waals surface area contributed by atoms with Crippen LogP contribution in [-0.4, -0.2) is 34.5 Å². The molecular weight excluding hydrogens is 268 g/mol. The van der Waals surface area contributed by atoms with Gasteiger partial charge in [0.25, 0.3) is 5.91 Å². The van der Waals surface area contributed by atoms with E-state index in [1.165, 1.54) is 13.0 Å². The molecule has 0 bridgehead atoms. The lowest BCUT2D eigenvalue weighted by molar-refractivity contribution is -0.142. The Hall–Kier alpha value is -1.98. The summed E-state index contributed by atoms with van der Waals surface area (Å²) in [6.07, 6.45) is 0.763. The second kappa shape index (κ2) is 4.26. The Morgan fingerprint density at radius 3 is 2.70 bits per heavy atom. The first-order valence-electron chi connectivity index (χ1n) is 6.40. The number of likely N-dealkylation sites (tertiary alicyclic amines) is 1. The lowest BCUT2D eigenvalue weighted by atomic mass is 10.1. The van der Waals surface area contributed by atoms with Crippen LogP contribution >= 0.6 is 0 Å². The zero-order valence-corrected chi connectivity index (χ0v) is 10.8. The lowest BCUT2D eigenvalue weighted by Gasteiger charge is -2.25. The molecule has 2 fully saturated rings. The van der Waals surface area contributed by atoms with Gasteiger partial charge in [0.15, 0.2) is 0 Å². The van der Waals surface area contributed by atoms with Gasteiger partial charge in [-0.05, 0) is 36.8 Å². The molecule has 3 atom stereocenters. The topological polar surface area (TPSA) is 57.6 Å². The Balaban J connectivity index is 1.98. The van der Waals surface area contributed by atoms with Gasteiger partial charge in [-0.1, -0.05) is 6.07 Å². The number of halogens is 2. The number of carbonyl (C=O) groups excluding carboxylic acids is 1. The monoisotopic (exact) mass is 281 g/mol. The highest BCUT2D eigenvalue weighted by molar-refractivity contribution is 5.98. The number of carboxylic acid groups (broad SMARTS) is 1. The van der Waals surface area contributed by atoms with Gasteiger partial charge in [-0.3, -0.25) is 4.79 Å². The predicted molar refractivity (Wildman–Crippen MR) is 65.2 cm³/mol. The number of piperidine rings is 1. The number of carboxylic acids is 1. The van der Waals surface area contributed by atoms with Crippen LogP contribution in [0.1, 0.15) is 22.3 Å². The lowest BCUT2D eigenvalue weighted by Crippen LogP contribution is -2.44. The standard InChI is InChI=1S/C14H13F2NO3/c1-6-2-3-9(15)10(11(6)16)13(18)17-5-7-4-8(7)12(17)14(19)20/h2-3,7-8,12H,4-5H2,1H3,(H,19,20)/t7-,8-,12+/m0/s1. The summed E-state index contributed by atoms with van der Waals surface area (Å²) in [6, 6.07) is 1.31. The molecule has 1 N–H and O–H groups in total. The molecule has 1 aliphatic carbocycles. The fraction of sp³-hybridized carbons (Fsp3) is 0.429. The van der Waals surface area contributed by atoms with Gasteiger partial charge >= 0.3 is 5.97 Å². The third kappa shape index (κ3) is 1.78. The molecule has 20 heavy (non-hydrogen) atoms. The predicted octanol–water partition coefficient (Wildman–Crippen LogP) is 1.82. The molecule has 0 radical (unpaired) electrons. The van der Waals surface area contributed by atoms with Crippen molar-refractivity contribution in [2.45, 2.75) is 19.4 Å². The van der Waals surface area contributed by atoms with Crippen LogP contribution in [0.2, 0.25) is 0 Å². The van der Waals surface area contributed by atoms with Crippen LogP contribution in [0.4, 0.5) is 8.78 Å². The van der Waals surface area contributed by atoms with Gasteiger partial charge in [0.05, 0.1) is 0 Å². The molecule has 1 heterocycles. The summed E-state index contributed by atoms with van der Waals surface area (Å²) in [7, 11) is 0. The summed E-state index contributed by atoms with van der Waals surface area (Å²) in [4.78, 5) is 24.6. The normalized spacial score (nSPS) is 27.4. The van der Waals surface area contributed by atoms with Crippen molar-refractivity contribution in [3.05, 3.63) is 34.9 Å². The zero-order valence-electron chi connectivity index (χ0n) is 10.8. The highest BCUT2D eigenvalue weighted by atomic mass is 19.1. The van der Waals surface area contributed by atoms with Gasteiger partial charge in [-0.25, -0.2) is 13.6 Å². The van der Waals surface area contributed by atoms with Gasteiger partial charge in [0, 0.05) is 6.54 Å². The van der Waals surface area contributed by atoms with Crippen molar-refractivity contribution in [1.29, 1.82) is 0 Å². The van der Waals surface area contributed by atoms with Crippen molar-refractivity contribution in [1.82, 2.24) is 4.90 Å². The summed E-state index contributed by atoms with van der Waals surface area (Å²) in [5, 5.41) is 9.19. The zero-order chi connectivity index (χ0) is 14.6. The van der Waals surface area contributed by atoms with Crippen LogP contribution in [0.3, 0.4) is 0 Å². The van der Waals surface area contributed by atoms with Gasteiger partial charge in [-0.15, -0.1) is 0 Å². The highest BCUT2D eigenvalue weighted by Crippen LogP contribution is 2.50. The minimum Gasteiger partial charge on any atom is -0.480 e. The minimum absolute atomic E-state index is 0.0765. The fourth-order valence-electron chi connectivity index (χ4n) is 2.99. The second-order valence-electron chi connectivity index (χ2n) is 5.45. The average Bonchev–Trinajstić information content (AvgIpc) is 3.04. The van der Waals surface area contributed by atoms with Crippen LogP contribution in [-0.2, 0) is 4.79 Å². The Kier molecular flexibility index (Phi) is 2.77. The molecule has 1 aromatic carbocycles. The molecule has 1 saturated heterocycles. The number of rotatable bonds is 2. The highest BCUT2D eigenvalue weighted by Gasteiger charge is 2.57. The largest absolute Gasteiger partial charge is 0.480 e. The molecule has 0 aromatic heterocycles. The molecule has 0 unspecified atom stereocenters. The maximum atomic E-state index is 14.0. The van der Waals surface area contributed by atoms with E-state index in [0.29, 0.717) is 0 Å². The van der Waals surface area contributed by atoms with Crippen LogP contribution in [0.5, 0.6) is 0 Å². The number of hydrogen-bond donors (Lipinski definition) is 1. The number of carbonyl (C=O) groups is 2. The van der Waals surface area contributed by atoms with E-state index in [1.54, 1.807) is 0 Å². The van der Waals surface area contributed by atoms with Crippen molar-refractivity contribution in [2.24, 2.45) is 11.8 Å².